The van der Waals surface area contributed by atoms with Crippen LogP contribution < -0.4 is 0 Å². The quantitative estimate of drug-likeness (QED) is 0.522. The molecule has 2 rings (SSSR count). The summed E-state index contributed by atoms with van der Waals surface area (Å²) in [6.07, 6.45) is -4.41. The van der Waals surface area contributed by atoms with Crippen LogP contribution >= 0.6 is 47.8 Å². The summed E-state index contributed by atoms with van der Waals surface area (Å²) >= 11 is 9.63. The Morgan fingerprint density at radius 3 is 1.94 bits per heavy atom. The normalized spacial score (nSPS) is 11.9. The van der Waals surface area contributed by atoms with E-state index >= 15 is 0 Å². The van der Waals surface area contributed by atoms with E-state index in [-0.39, 0.29) is 5.69 Å². The highest BCUT2D eigenvalue weighted by molar-refractivity contribution is 9.11. The van der Waals surface area contributed by atoms with E-state index in [0.717, 1.165) is 6.07 Å². The van der Waals surface area contributed by atoms with E-state index in [0.29, 0.717) is 13.7 Å². The molecular formula is C11H5Br3F3N. The molecule has 18 heavy (non-hydrogen) atoms. The third kappa shape index (κ3) is 2.53. The third-order valence-corrected chi connectivity index (χ3v) is 4.18. The number of benzene rings is 1. The molecule has 0 bridgehead atoms. The van der Waals surface area contributed by atoms with Crippen molar-refractivity contribution in [1.29, 1.82) is 0 Å². The lowest BCUT2D eigenvalue weighted by Crippen LogP contribution is -2.11. The van der Waals surface area contributed by atoms with Crippen molar-refractivity contribution in [3.63, 3.8) is 0 Å². The zero-order valence-electron chi connectivity index (χ0n) is 8.60. The smallest absolute Gasteiger partial charge is 0.296 e. The van der Waals surface area contributed by atoms with Gasteiger partial charge in [-0.15, -0.1) is 0 Å². The van der Waals surface area contributed by atoms with Crippen molar-refractivity contribution in [2.45, 2.75) is 6.18 Å². The van der Waals surface area contributed by atoms with Gasteiger partial charge < -0.3 is 0 Å². The van der Waals surface area contributed by atoms with Gasteiger partial charge in [-0.2, -0.15) is 13.2 Å². The fourth-order valence-corrected chi connectivity index (χ4v) is 3.36. The average molecular weight is 448 g/mol. The van der Waals surface area contributed by atoms with Crippen molar-refractivity contribution < 1.29 is 13.2 Å². The molecule has 96 valence electrons. The number of nitrogens with zero attached hydrogens (tertiary/aromatic N) is 1. The molecule has 0 aliphatic carbocycles. The molecule has 1 aromatic carbocycles. The van der Waals surface area contributed by atoms with E-state index in [9.17, 15) is 13.2 Å². The molecule has 0 N–H and O–H groups in total. The lowest BCUT2D eigenvalue weighted by molar-refractivity contribution is -0.137. The molecule has 1 nitrogen and oxygen atoms in total. The molecule has 2 aromatic rings. The molecule has 1 aromatic heterocycles. The first kappa shape index (κ1) is 14.1. The summed E-state index contributed by atoms with van der Waals surface area (Å²) in [5.41, 5.74) is -0.650. The SMILES string of the molecule is FC(F)(F)c1cccc(Br)c1-n1c(Br)ccc1Br. The lowest BCUT2D eigenvalue weighted by atomic mass is 10.1. The van der Waals surface area contributed by atoms with Crippen molar-refractivity contribution in [3.8, 4) is 5.69 Å². The summed E-state index contributed by atoms with van der Waals surface area (Å²) < 4.78 is 41.9. The third-order valence-electron chi connectivity index (χ3n) is 2.30. The van der Waals surface area contributed by atoms with E-state index in [1.165, 1.54) is 10.6 Å². The highest BCUT2D eigenvalue weighted by Gasteiger charge is 2.35. The van der Waals surface area contributed by atoms with Crippen LogP contribution in [0.5, 0.6) is 0 Å². The first-order valence-electron chi connectivity index (χ1n) is 4.71. The largest absolute Gasteiger partial charge is 0.418 e. The Kier molecular flexibility index (Phi) is 3.94. The maximum Gasteiger partial charge on any atom is 0.418 e. The average Bonchev–Trinajstić information content (AvgIpc) is 2.58. The van der Waals surface area contributed by atoms with Gasteiger partial charge in [0, 0.05) is 4.47 Å². The Labute approximate surface area is 126 Å². The fourth-order valence-electron chi connectivity index (χ4n) is 1.57. The van der Waals surface area contributed by atoms with Crippen LogP contribution in [0, 0.1) is 0 Å². The number of hydrogen-bond acceptors (Lipinski definition) is 0. The second kappa shape index (κ2) is 5.02. The highest BCUT2D eigenvalue weighted by atomic mass is 79.9. The Morgan fingerprint density at radius 2 is 1.44 bits per heavy atom. The minimum atomic E-state index is -4.41. The Morgan fingerprint density at radius 1 is 0.889 bits per heavy atom. The van der Waals surface area contributed by atoms with Crippen molar-refractivity contribution in [2.24, 2.45) is 0 Å². The standard InChI is InChI=1S/C11H5Br3F3N/c12-7-3-1-2-6(11(15,16)17)10(7)18-8(13)4-5-9(18)14/h1-5H. The molecule has 0 spiro atoms. The highest BCUT2D eigenvalue weighted by Crippen LogP contribution is 2.40. The summed E-state index contributed by atoms with van der Waals surface area (Å²) in [4.78, 5) is 0. The van der Waals surface area contributed by atoms with Crippen molar-refractivity contribution in [2.75, 3.05) is 0 Å². The predicted molar refractivity (Wildman–Crippen MR) is 73.9 cm³/mol. The zero-order valence-corrected chi connectivity index (χ0v) is 13.4. The summed E-state index contributed by atoms with van der Waals surface area (Å²) in [5, 5.41) is 0. The number of hydrogen-bond donors (Lipinski definition) is 0. The Bertz CT molecular complexity index is 570. The number of para-hydroxylation sites is 1. The number of aromatic nitrogens is 1. The minimum absolute atomic E-state index is 0.0498. The molecule has 0 atom stereocenters. The van der Waals surface area contributed by atoms with Crippen molar-refractivity contribution in [1.82, 2.24) is 4.57 Å². The van der Waals surface area contributed by atoms with Crippen LogP contribution in [-0.4, -0.2) is 4.57 Å². The molecule has 0 radical (unpaired) electrons. The number of halogens is 6. The molecule has 0 aliphatic rings. The summed E-state index contributed by atoms with van der Waals surface area (Å²) in [6, 6.07) is 7.33. The number of alkyl halides is 3. The second-order valence-corrected chi connectivity index (χ2v) is 5.93. The van der Waals surface area contributed by atoms with Crippen LogP contribution in [0.3, 0.4) is 0 Å². The van der Waals surface area contributed by atoms with Crippen LogP contribution in [0.25, 0.3) is 5.69 Å². The van der Waals surface area contributed by atoms with E-state index in [2.05, 4.69) is 47.8 Å². The minimum Gasteiger partial charge on any atom is -0.296 e. The maximum atomic E-state index is 13.0. The van der Waals surface area contributed by atoms with E-state index < -0.39 is 11.7 Å². The molecule has 0 saturated heterocycles. The summed E-state index contributed by atoms with van der Waals surface area (Å²) in [6.45, 7) is 0. The van der Waals surface area contributed by atoms with Crippen molar-refractivity contribution >= 4 is 47.8 Å². The first-order valence-corrected chi connectivity index (χ1v) is 7.09. The van der Waals surface area contributed by atoms with Gasteiger partial charge in [0.1, 0.15) is 0 Å². The van der Waals surface area contributed by atoms with Crippen LogP contribution in [-0.2, 0) is 6.18 Å². The zero-order chi connectivity index (χ0) is 13.5. The second-order valence-electron chi connectivity index (χ2n) is 3.45. The van der Waals surface area contributed by atoms with Gasteiger partial charge in [0.05, 0.1) is 20.5 Å². The molecule has 0 amide bonds. The van der Waals surface area contributed by atoms with Gasteiger partial charge in [0.2, 0.25) is 0 Å². The van der Waals surface area contributed by atoms with Gasteiger partial charge in [0.15, 0.2) is 0 Å². The van der Waals surface area contributed by atoms with Gasteiger partial charge in [-0.05, 0) is 72.1 Å². The predicted octanol–water partition coefficient (Wildman–Crippen LogP) is 5.78. The molecular weight excluding hydrogens is 443 g/mol. The lowest BCUT2D eigenvalue weighted by Gasteiger charge is -2.17. The number of rotatable bonds is 1. The van der Waals surface area contributed by atoms with E-state index in [1.807, 2.05) is 0 Å². The van der Waals surface area contributed by atoms with Gasteiger partial charge >= 0.3 is 6.18 Å². The molecule has 0 saturated carbocycles. The fraction of sp³-hybridized carbons (Fsp3) is 0.0909. The Balaban J connectivity index is 2.79. The molecule has 0 aliphatic heterocycles. The van der Waals surface area contributed by atoms with Gasteiger partial charge in [-0.25, -0.2) is 0 Å². The van der Waals surface area contributed by atoms with E-state index in [1.54, 1.807) is 18.2 Å². The van der Waals surface area contributed by atoms with Gasteiger partial charge in [-0.1, -0.05) is 6.07 Å². The summed E-state index contributed by atoms with van der Waals surface area (Å²) in [7, 11) is 0. The topological polar surface area (TPSA) is 4.93 Å². The maximum absolute atomic E-state index is 13.0. The molecule has 0 unspecified atom stereocenters. The molecule has 0 fully saturated rings. The van der Waals surface area contributed by atoms with Crippen molar-refractivity contribution in [3.05, 3.63) is 49.6 Å². The Hall–Kier alpha value is -0.270. The van der Waals surface area contributed by atoms with Crippen LogP contribution in [0.2, 0.25) is 0 Å². The first-order chi connectivity index (χ1) is 8.32. The van der Waals surface area contributed by atoms with Crippen LogP contribution in [0.4, 0.5) is 13.2 Å². The molecule has 7 heteroatoms. The summed E-state index contributed by atoms with van der Waals surface area (Å²) in [5.74, 6) is 0. The van der Waals surface area contributed by atoms with Crippen LogP contribution in [0.15, 0.2) is 44.0 Å². The van der Waals surface area contributed by atoms with Crippen LogP contribution in [0.1, 0.15) is 5.56 Å². The van der Waals surface area contributed by atoms with E-state index in [4.69, 9.17) is 0 Å². The van der Waals surface area contributed by atoms with Gasteiger partial charge in [-0.3, -0.25) is 4.57 Å². The molecule has 1 heterocycles. The monoisotopic (exact) mass is 445 g/mol. The van der Waals surface area contributed by atoms with Gasteiger partial charge in [0.25, 0.3) is 0 Å².